The first-order valence-electron chi connectivity index (χ1n) is 9.45. The molecule has 4 aliphatic rings. The number of rotatable bonds is 1. The molecule has 6 heteroatoms. The van der Waals surface area contributed by atoms with E-state index in [0.717, 1.165) is 42.0 Å². The molecule has 1 saturated heterocycles. The molecule has 0 aromatic heterocycles. The zero-order chi connectivity index (χ0) is 18.9. The number of hydrogen-bond acceptors (Lipinski definition) is 6. The zero-order valence-electron chi connectivity index (χ0n) is 15.8. The molecule has 0 radical (unpaired) electrons. The Balaban J connectivity index is 1.61. The van der Waals surface area contributed by atoms with Crippen molar-refractivity contribution in [3.8, 4) is 11.5 Å². The Hall–Kier alpha value is -2.34. The van der Waals surface area contributed by atoms with Crippen LogP contribution >= 0.6 is 0 Å². The summed E-state index contributed by atoms with van der Waals surface area (Å²) >= 11 is 0. The molecule has 1 fully saturated rings. The number of nitrogens with zero attached hydrogens (tertiary/aromatic N) is 1. The number of esters is 1. The second kappa shape index (κ2) is 5.58. The average Bonchev–Trinajstić information content (AvgIpc) is 3.21. The van der Waals surface area contributed by atoms with E-state index in [1.165, 1.54) is 0 Å². The van der Waals surface area contributed by atoms with Crippen LogP contribution < -0.4 is 9.47 Å². The van der Waals surface area contributed by atoms with Gasteiger partial charge in [0.25, 0.3) is 0 Å². The third kappa shape index (κ3) is 2.50. The fraction of sp³-hybridized carbons (Fsp3) is 0.524. The molecule has 0 bridgehead atoms. The van der Waals surface area contributed by atoms with Gasteiger partial charge in [0.05, 0.1) is 5.41 Å². The minimum Gasteiger partial charge on any atom is -0.454 e. The molecule has 0 spiro atoms. The van der Waals surface area contributed by atoms with Gasteiger partial charge in [-0.25, -0.2) is 0 Å². The molecule has 142 valence electrons. The van der Waals surface area contributed by atoms with Crippen molar-refractivity contribution in [3.05, 3.63) is 34.9 Å². The van der Waals surface area contributed by atoms with Crippen molar-refractivity contribution in [2.75, 3.05) is 13.3 Å². The van der Waals surface area contributed by atoms with Crippen molar-refractivity contribution in [1.29, 1.82) is 0 Å². The van der Waals surface area contributed by atoms with Crippen molar-refractivity contribution < 1.29 is 23.8 Å². The van der Waals surface area contributed by atoms with Crippen LogP contribution in [-0.2, 0) is 20.9 Å². The highest BCUT2D eigenvalue weighted by Crippen LogP contribution is 2.49. The van der Waals surface area contributed by atoms with Gasteiger partial charge in [-0.1, -0.05) is 0 Å². The first-order valence-corrected chi connectivity index (χ1v) is 9.45. The van der Waals surface area contributed by atoms with Crippen molar-refractivity contribution in [2.45, 2.75) is 51.8 Å². The lowest BCUT2D eigenvalue weighted by Gasteiger charge is -2.43. The molecule has 3 atom stereocenters. The summed E-state index contributed by atoms with van der Waals surface area (Å²) in [6.07, 6.45) is 1.79. The Labute approximate surface area is 158 Å². The monoisotopic (exact) mass is 369 g/mol. The summed E-state index contributed by atoms with van der Waals surface area (Å²) in [7, 11) is 0. The Morgan fingerprint density at radius 3 is 2.70 bits per heavy atom. The van der Waals surface area contributed by atoms with E-state index < -0.39 is 11.5 Å². The minimum atomic E-state index is -0.800. The molecular formula is C21H23NO5. The molecule has 0 N–H and O–H groups in total. The van der Waals surface area contributed by atoms with E-state index in [4.69, 9.17) is 14.2 Å². The van der Waals surface area contributed by atoms with Crippen molar-refractivity contribution >= 4 is 11.8 Å². The third-order valence-corrected chi connectivity index (χ3v) is 5.95. The predicted molar refractivity (Wildman–Crippen MR) is 96.5 cm³/mol. The lowest BCUT2D eigenvalue weighted by Crippen LogP contribution is -2.50. The summed E-state index contributed by atoms with van der Waals surface area (Å²) in [5, 5.41) is 0. The van der Waals surface area contributed by atoms with Crippen LogP contribution in [0.1, 0.15) is 44.2 Å². The van der Waals surface area contributed by atoms with Crippen LogP contribution in [0.5, 0.6) is 11.5 Å². The summed E-state index contributed by atoms with van der Waals surface area (Å²) in [4.78, 5) is 27.9. The van der Waals surface area contributed by atoms with Crippen LogP contribution in [0.25, 0.3) is 0 Å². The Kier molecular flexibility index (Phi) is 3.47. The van der Waals surface area contributed by atoms with Gasteiger partial charge >= 0.3 is 5.97 Å². The van der Waals surface area contributed by atoms with Crippen LogP contribution in [-0.4, -0.2) is 42.1 Å². The van der Waals surface area contributed by atoms with Crippen LogP contribution in [0, 0.1) is 5.41 Å². The van der Waals surface area contributed by atoms with E-state index in [-0.39, 0.29) is 30.5 Å². The van der Waals surface area contributed by atoms with Gasteiger partial charge in [0.1, 0.15) is 0 Å². The van der Waals surface area contributed by atoms with Crippen LogP contribution in [0.4, 0.5) is 0 Å². The first kappa shape index (κ1) is 16.8. The number of carbonyl (C=O) groups excluding carboxylic acids is 2. The van der Waals surface area contributed by atoms with Gasteiger partial charge < -0.3 is 14.2 Å². The first-order chi connectivity index (χ1) is 12.8. The van der Waals surface area contributed by atoms with Gasteiger partial charge in [-0.2, -0.15) is 0 Å². The van der Waals surface area contributed by atoms with Gasteiger partial charge in [0.2, 0.25) is 6.79 Å². The number of carbonyl (C=O) groups is 2. The van der Waals surface area contributed by atoms with Crippen molar-refractivity contribution in [3.63, 3.8) is 0 Å². The van der Waals surface area contributed by atoms with Gasteiger partial charge in [0, 0.05) is 25.0 Å². The van der Waals surface area contributed by atoms with Gasteiger partial charge in [-0.3, -0.25) is 14.5 Å². The SMILES string of the molecule is CC(C)(C)C(=O)O[C@@H]1C(=O)C=C2CCN3Cc4cc5c(cc4[C@H]1C23)OCO5. The van der Waals surface area contributed by atoms with Crippen LogP contribution in [0.2, 0.25) is 0 Å². The fourth-order valence-electron chi connectivity index (χ4n) is 4.62. The Bertz CT molecular complexity index is 881. The van der Waals surface area contributed by atoms with E-state index >= 15 is 0 Å². The average molecular weight is 369 g/mol. The molecule has 1 aromatic carbocycles. The van der Waals surface area contributed by atoms with E-state index in [1.54, 1.807) is 26.8 Å². The highest BCUT2D eigenvalue weighted by atomic mass is 16.7. The molecule has 1 aliphatic carbocycles. The van der Waals surface area contributed by atoms with Crippen LogP contribution in [0.3, 0.4) is 0 Å². The second-order valence-corrected chi connectivity index (χ2v) is 8.79. The minimum absolute atomic E-state index is 0.105. The maximum absolute atomic E-state index is 12.9. The van der Waals surface area contributed by atoms with Gasteiger partial charge in [-0.15, -0.1) is 0 Å². The summed E-state index contributed by atoms with van der Waals surface area (Å²) in [6.45, 7) is 7.34. The van der Waals surface area contributed by atoms with Crippen molar-refractivity contribution in [2.24, 2.45) is 5.41 Å². The standard InChI is InChI=1S/C21H23NO5/c1-21(2,3)20(24)27-19-14(23)6-11-4-5-22-9-12-7-15-16(26-10-25-15)8-13(12)17(19)18(11)22/h6-8,17-19H,4-5,9-10H2,1-3H3/t17-,18?,19+/m0/s1. The summed E-state index contributed by atoms with van der Waals surface area (Å²) in [5.41, 5.74) is 2.64. The molecule has 5 rings (SSSR count). The summed E-state index contributed by atoms with van der Waals surface area (Å²) in [6, 6.07) is 4.09. The summed E-state index contributed by atoms with van der Waals surface area (Å²) < 4.78 is 16.9. The zero-order valence-corrected chi connectivity index (χ0v) is 15.8. The number of fused-ring (bicyclic) bond motifs is 3. The van der Waals surface area contributed by atoms with E-state index in [2.05, 4.69) is 4.90 Å². The summed E-state index contributed by atoms with van der Waals surface area (Å²) in [5.74, 6) is 0.771. The lowest BCUT2D eigenvalue weighted by molar-refractivity contribution is -0.164. The molecule has 6 nitrogen and oxygen atoms in total. The smallest absolute Gasteiger partial charge is 0.311 e. The number of ketones is 1. The molecule has 0 saturated carbocycles. The van der Waals surface area contributed by atoms with Gasteiger partial charge in [0.15, 0.2) is 23.4 Å². The predicted octanol–water partition coefficient (Wildman–Crippen LogP) is 2.55. The third-order valence-electron chi connectivity index (χ3n) is 5.95. The molecule has 3 heterocycles. The molecule has 1 aromatic rings. The molecule has 1 unspecified atom stereocenters. The topological polar surface area (TPSA) is 65.1 Å². The lowest BCUT2D eigenvalue weighted by atomic mass is 9.73. The van der Waals surface area contributed by atoms with Crippen molar-refractivity contribution in [1.82, 2.24) is 4.90 Å². The largest absolute Gasteiger partial charge is 0.454 e. The van der Waals surface area contributed by atoms with E-state index in [9.17, 15) is 9.59 Å². The Morgan fingerprint density at radius 2 is 1.96 bits per heavy atom. The highest BCUT2D eigenvalue weighted by molar-refractivity contribution is 5.98. The number of benzene rings is 1. The maximum Gasteiger partial charge on any atom is 0.311 e. The number of hydrogen-bond donors (Lipinski definition) is 0. The highest BCUT2D eigenvalue weighted by Gasteiger charge is 2.51. The quantitative estimate of drug-likeness (QED) is 0.709. The van der Waals surface area contributed by atoms with Gasteiger partial charge in [-0.05, 0) is 62.1 Å². The fourth-order valence-corrected chi connectivity index (χ4v) is 4.62. The van der Waals surface area contributed by atoms with E-state index in [0.29, 0.717) is 5.75 Å². The van der Waals surface area contributed by atoms with E-state index in [1.807, 2.05) is 12.1 Å². The second-order valence-electron chi connectivity index (χ2n) is 8.79. The van der Waals surface area contributed by atoms with Crippen LogP contribution in [0.15, 0.2) is 23.8 Å². The molecule has 0 amide bonds. The molecule has 27 heavy (non-hydrogen) atoms. The number of ether oxygens (including phenoxy) is 3. The maximum atomic E-state index is 12.9. The molecule has 3 aliphatic heterocycles. The normalized spacial score (nSPS) is 28.5. The Morgan fingerprint density at radius 1 is 1.22 bits per heavy atom. The molecular weight excluding hydrogens is 346 g/mol.